The Bertz CT molecular complexity index is 342. The molecule has 1 aromatic rings. The summed E-state index contributed by atoms with van der Waals surface area (Å²) in [6.07, 6.45) is 0. The van der Waals surface area contributed by atoms with E-state index in [4.69, 9.17) is 10.2 Å². The predicted molar refractivity (Wildman–Crippen MR) is 47.7 cm³/mol. The zero-order chi connectivity index (χ0) is 10.7. The van der Waals surface area contributed by atoms with Crippen molar-refractivity contribution in [2.24, 2.45) is 0 Å². The fourth-order valence-electron chi connectivity index (χ4n) is 0.978. The largest absolute Gasteiger partial charge is 0.504 e. The number of aromatic hydroxyl groups is 2. The lowest BCUT2D eigenvalue weighted by atomic mass is 10.2. The Morgan fingerprint density at radius 2 is 2.14 bits per heavy atom. The summed E-state index contributed by atoms with van der Waals surface area (Å²) in [6, 6.07) is 1.86. The monoisotopic (exact) mass is 199 g/mol. The van der Waals surface area contributed by atoms with Crippen molar-refractivity contribution >= 4 is 5.91 Å². The highest BCUT2D eigenvalue weighted by atomic mass is 19.1. The molecule has 5 heteroatoms. The number of hydrogen-bond donors (Lipinski definition) is 3. The first kappa shape index (κ1) is 10.3. The molecule has 3 N–H and O–H groups in total. The maximum absolute atomic E-state index is 12.9. The van der Waals surface area contributed by atoms with E-state index in [1.807, 2.05) is 0 Å². The minimum atomic E-state index is -1.02. The molecule has 76 valence electrons. The van der Waals surface area contributed by atoms with Crippen LogP contribution in [-0.2, 0) is 0 Å². The Balaban J connectivity index is 3.06. The van der Waals surface area contributed by atoms with Crippen LogP contribution in [-0.4, -0.2) is 22.7 Å². The van der Waals surface area contributed by atoms with E-state index in [2.05, 4.69) is 5.32 Å². The molecule has 0 fully saturated rings. The van der Waals surface area contributed by atoms with E-state index >= 15 is 0 Å². The van der Waals surface area contributed by atoms with Crippen LogP contribution < -0.4 is 5.32 Å². The number of amides is 1. The van der Waals surface area contributed by atoms with E-state index in [0.717, 1.165) is 12.1 Å². The van der Waals surface area contributed by atoms with Gasteiger partial charge >= 0.3 is 0 Å². The van der Waals surface area contributed by atoms with Gasteiger partial charge < -0.3 is 15.5 Å². The molecule has 0 aliphatic heterocycles. The summed E-state index contributed by atoms with van der Waals surface area (Å²) in [4.78, 5) is 11.2. The standard InChI is InChI=1S/C9H10FNO3/c1-2-11-9(14)5-3-6(10)8(13)7(12)4-5/h3-4,12-13H,2H2,1H3,(H,11,14). The lowest BCUT2D eigenvalue weighted by Gasteiger charge is -2.04. The highest BCUT2D eigenvalue weighted by Crippen LogP contribution is 2.28. The van der Waals surface area contributed by atoms with Gasteiger partial charge in [0.2, 0.25) is 0 Å². The average Bonchev–Trinajstić information content (AvgIpc) is 2.13. The molecule has 0 saturated heterocycles. The van der Waals surface area contributed by atoms with Gasteiger partial charge in [0.05, 0.1) is 0 Å². The lowest BCUT2D eigenvalue weighted by molar-refractivity contribution is 0.0955. The van der Waals surface area contributed by atoms with E-state index in [1.165, 1.54) is 0 Å². The first-order valence-electron chi connectivity index (χ1n) is 4.06. The van der Waals surface area contributed by atoms with Crippen molar-refractivity contribution in [3.8, 4) is 11.5 Å². The van der Waals surface area contributed by atoms with Gasteiger partial charge in [-0.3, -0.25) is 4.79 Å². The minimum absolute atomic E-state index is 0.0281. The maximum atomic E-state index is 12.9. The van der Waals surface area contributed by atoms with Crippen LogP contribution in [0.4, 0.5) is 4.39 Å². The quantitative estimate of drug-likeness (QED) is 0.622. The van der Waals surface area contributed by atoms with E-state index in [0.29, 0.717) is 6.54 Å². The Kier molecular flexibility index (Phi) is 2.91. The summed E-state index contributed by atoms with van der Waals surface area (Å²) in [7, 11) is 0. The summed E-state index contributed by atoms with van der Waals surface area (Å²) in [5.74, 6) is -3.02. The van der Waals surface area contributed by atoms with E-state index < -0.39 is 23.2 Å². The normalized spacial score (nSPS) is 9.86. The molecule has 0 radical (unpaired) electrons. The third-order valence-electron chi connectivity index (χ3n) is 1.64. The van der Waals surface area contributed by atoms with Crippen LogP contribution in [0.5, 0.6) is 11.5 Å². The molecule has 1 rings (SSSR count). The van der Waals surface area contributed by atoms with Crippen LogP contribution in [0, 0.1) is 5.82 Å². The van der Waals surface area contributed by atoms with E-state index in [-0.39, 0.29) is 5.56 Å². The van der Waals surface area contributed by atoms with Crippen LogP contribution in [0.15, 0.2) is 12.1 Å². The summed E-state index contributed by atoms with van der Waals surface area (Å²) in [6.45, 7) is 2.12. The van der Waals surface area contributed by atoms with Crippen molar-refractivity contribution in [1.82, 2.24) is 5.32 Å². The Hall–Kier alpha value is -1.78. The van der Waals surface area contributed by atoms with Gasteiger partial charge in [-0.05, 0) is 19.1 Å². The molecule has 0 aliphatic rings. The molecule has 0 aliphatic carbocycles. The molecule has 1 aromatic carbocycles. The van der Waals surface area contributed by atoms with Crippen molar-refractivity contribution in [3.05, 3.63) is 23.5 Å². The topological polar surface area (TPSA) is 69.6 Å². The van der Waals surface area contributed by atoms with Crippen molar-refractivity contribution in [2.75, 3.05) is 6.54 Å². The number of halogens is 1. The van der Waals surface area contributed by atoms with Crippen LogP contribution in [0.3, 0.4) is 0 Å². The van der Waals surface area contributed by atoms with Crippen molar-refractivity contribution < 1.29 is 19.4 Å². The summed E-state index contributed by atoms with van der Waals surface area (Å²) >= 11 is 0. The number of rotatable bonds is 2. The SMILES string of the molecule is CCNC(=O)c1cc(O)c(O)c(F)c1. The molecular formula is C9H10FNO3. The van der Waals surface area contributed by atoms with Gasteiger partial charge in [0.25, 0.3) is 5.91 Å². The van der Waals surface area contributed by atoms with Gasteiger partial charge in [-0.1, -0.05) is 0 Å². The van der Waals surface area contributed by atoms with Crippen LogP contribution >= 0.6 is 0 Å². The third kappa shape index (κ3) is 1.93. The molecule has 14 heavy (non-hydrogen) atoms. The van der Waals surface area contributed by atoms with Gasteiger partial charge in [-0.25, -0.2) is 4.39 Å². The van der Waals surface area contributed by atoms with Gasteiger partial charge in [-0.15, -0.1) is 0 Å². The molecule has 0 aromatic heterocycles. The Morgan fingerprint density at radius 1 is 1.50 bits per heavy atom. The maximum Gasteiger partial charge on any atom is 0.251 e. The summed E-state index contributed by atoms with van der Waals surface area (Å²) in [5.41, 5.74) is -0.0281. The molecule has 4 nitrogen and oxygen atoms in total. The van der Waals surface area contributed by atoms with Gasteiger partial charge in [-0.2, -0.15) is 0 Å². The van der Waals surface area contributed by atoms with Gasteiger partial charge in [0.15, 0.2) is 17.3 Å². The first-order chi connectivity index (χ1) is 6.56. The zero-order valence-electron chi connectivity index (χ0n) is 7.54. The minimum Gasteiger partial charge on any atom is -0.504 e. The number of phenols is 2. The molecule has 0 saturated carbocycles. The zero-order valence-corrected chi connectivity index (χ0v) is 7.54. The van der Waals surface area contributed by atoms with Crippen LogP contribution in [0.1, 0.15) is 17.3 Å². The molecule has 1 amide bonds. The van der Waals surface area contributed by atoms with Crippen LogP contribution in [0.25, 0.3) is 0 Å². The highest BCUT2D eigenvalue weighted by Gasteiger charge is 2.12. The second-order valence-corrected chi connectivity index (χ2v) is 2.69. The second kappa shape index (κ2) is 3.95. The number of nitrogens with one attached hydrogen (secondary N) is 1. The molecule has 0 atom stereocenters. The Labute approximate surface area is 80.0 Å². The van der Waals surface area contributed by atoms with E-state index in [9.17, 15) is 9.18 Å². The van der Waals surface area contributed by atoms with Crippen molar-refractivity contribution in [1.29, 1.82) is 0 Å². The average molecular weight is 199 g/mol. The number of benzene rings is 1. The van der Waals surface area contributed by atoms with E-state index in [1.54, 1.807) is 6.92 Å². The molecule has 0 heterocycles. The second-order valence-electron chi connectivity index (χ2n) is 2.69. The van der Waals surface area contributed by atoms with Crippen molar-refractivity contribution in [2.45, 2.75) is 6.92 Å². The van der Waals surface area contributed by atoms with Gasteiger partial charge in [0.1, 0.15) is 0 Å². The predicted octanol–water partition coefficient (Wildman–Crippen LogP) is 0.987. The molecule has 0 spiro atoms. The first-order valence-corrected chi connectivity index (χ1v) is 4.06. The molecular weight excluding hydrogens is 189 g/mol. The van der Waals surface area contributed by atoms with Crippen molar-refractivity contribution in [3.63, 3.8) is 0 Å². The molecule has 0 bridgehead atoms. The smallest absolute Gasteiger partial charge is 0.251 e. The number of carbonyl (C=O) groups excluding carboxylic acids is 1. The molecule has 0 unspecified atom stereocenters. The lowest BCUT2D eigenvalue weighted by Crippen LogP contribution is -2.22. The third-order valence-corrected chi connectivity index (χ3v) is 1.64. The van der Waals surface area contributed by atoms with Gasteiger partial charge in [0, 0.05) is 12.1 Å². The van der Waals surface area contributed by atoms with Crippen LogP contribution in [0.2, 0.25) is 0 Å². The number of carbonyl (C=O) groups is 1. The Morgan fingerprint density at radius 3 is 2.64 bits per heavy atom. The highest BCUT2D eigenvalue weighted by molar-refractivity contribution is 5.94. The fraction of sp³-hybridized carbons (Fsp3) is 0.222. The summed E-state index contributed by atoms with van der Waals surface area (Å²) in [5, 5.41) is 20.4. The number of phenolic OH excluding ortho intramolecular Hbond substituents is 2. The fourth-order valence-corrected chi connectivity index (χ4v) is 0.978. The summed E-state index contributed by atoms with van der Waals surface area (Å²) < 4.78 is 12.9. The number of hydrogen-bond acceptors (Lipinski definition) is 3.